The van der Waals surface area contributed by atoms with Crippen LogP contribution in [0.4, 0.5) is 0 Å². The number of H-pyrrole nitrogens is 1. The van der Waals surface area contributed by atoms with E-state index in [0.29, 0.717) is 19.6 Å². The first kappa shape index (κ1) is 16.4. The first-order valence-corrected chi connectivity index (χ1v) is 8.16. The van der Waals surface area contributed by atoms with Crippen molar-refractivity contribution in [2.24, 2.45) is 0 Å². The average molecular weight is 325 g/mol. The average Bonchev–Trinajstić information content (AvgIpc) is 2.93. The number of nitrogens with one attached hydrogen (secondary N) is 2. The SMILES string of the molecule is Cc1cc(C)n(CCNCc2nc3c(C)c(C)ccc3[nH]2)c(=O)n1. The lowest BCUT2D eigenvalue weighted by Gasteiger charge is -2.09. The highest BCUT2D eigenvalue weighted by molar-refractivity contribution is 5.79. The molecule has 0 aliphatic heterocycles. The van der Waals surface area contributed by atoms with Crippen LogP contribution in [0.5, 0.6) is 0 Å². The number of benzene rings is 1. The van der Waals surface area contributed by atoms with Gasteiger partial charge in [0.25, 0.3) is 0 Å². The van der Waals surface area contributed by atoms with Gasteiger partial charge in [-0.3, -0.25) is 4.57 Å². The zero-order valence-electron chi connectivity index (χ0n) is 14.6. The van der Waals surface area contributed by atoms with Crippen LogP contribution in [0.1, 0.15) is 28.3 Å². The van der Waals surface area contributed by atoms with Gasteiger partial charge in [0, 0.05) is 24.5 Å². The van der Waals surface area contributed by atoms with Gasteiger partial charge < -0.3 is 10.3 Å². The van der Waals surface area contributed by atoms with Crippen molar-refractivity contribution in [2.75, 3.05) is 6.54 Å². The number of aromatic nitrogens is 4. The lowest BCUT2D eigenvalue weighted by molar-refractivity contribution is 0.557. The van der Waals surface area contributed by atoms with Gasteiger partial charge in [0.2, 0.25) is 0 Å². The second-order valence-corrected chi connectivity index (χ2v) is 6.24. The lowest BCUT2D eigenvalue weighted by Crippen LogP contribution is -2.30. The summed E-state index contributed by atoms with van der Waals surface area (Å²) in [6, 6.07) is 6.09. The van der Waals surface area contributed by atoms with Gasteiger partial charge in [-0.1, -0.05) is 6.07 Å². The molecule has 0 bridgehead atoms. The molecule has 0 aliphatic rings. The van der Waals surface area contributed by atoms with E-state index in [1.807, 2.05) is 19.9 Å². The molecule has 0 spiro atoms. The second kappa shape index (κ2) is 6.57. The molecule has 6 heteroatoms. The predicted molar refractivity (Wildman–Crippen MR) is 95.2 cm³/mol. The number of hydrogen-bond acceptors (Lipinski definition) is 4. The molecule has 0 saturated heterocycles. The van der Waals surface area contributed by atoms with Crippen LogP contribution in [0, 0.1) is 27.7 Å². The van der Waals surface area contributed by atoms with E-state index < -0.39 is 0 Å². The van der Waals surface area contributed by atoms with Crippen LogP contribution in [0.25, 0.3) is 11.0 Å². The van der Waals surface area contributed by atoms with Crippen molar-refractivity contribution in [3.05, 3.63) is 57.0 Å². The molecule has 0 aliphatic carbocycles. The van der Waals surface area contributed by atoms with Crippen LogP contribution >= 0.6 is 0 Å². The van der Waals surface area contributed by atoms with Crippen LogP contribution < -0.4 is 11.0 Å². The minimum absolute atomic E-state index is 0.191. The van der Waals surface area contributed by atoms with Gasteiger partial charge in [-0.2, -0.15) is 4.98 Å². The van der Waals surface area contributed by atoms with Crippen molar-refractivity contribution in [3.63, 3.8) is 0 Å². The van der Waals surface area contributed by atoms with E-state index in [0.717, 1.165) is 28.2 Å². The minimum Gasteiger partial charge on any atom is -0.341 e. The number of hydrogen-bond donors (Lipinski definition) is 2. The van der Waals surface area contributed by atoms with E-state index in [-0.39, 0.29) is 5.69 Å². The topological polar surface area (TPSA) is 75.6 Å². The lowest BCUT2D eigenvalue weighted by atomic mass is 10.1. The van der Waals surface area contributed by atoms with Crippen LogP contribution in [0.2, 0.25) is 0 Å². The summed E-state index contributed by atoms with van der Waals surface area (Å²) in [6.45, 7) is 9.87. The van der Waals surface area contributed by atoms with Crippen molar-refractivity contribution in [2.45, 2.75) is 40.8 Å². The Bertz CT molecular complexity index is 938. The zero-order chi connectivity index (χ0) is 17.3. The fourth-order valence-corrected chi connectivity index (χ4v) is 2.89. The van der Waals surface area contributed by atoms with E-state index in [9.17, 15) is 4.79 Å². The van der Waals surface area contributed by atoms with Gasteiger partial charge in [0.15, 0.2) is 0 Å². The minimum atomic E-state index is -0.191. The molecule has 6 nitrogen and oxygen atoms in total. The molecule has 2 heterocycles. The van der Waals surface area contributed by atoms with Crippen molar-refractivity contribution in [1.29, 1.82) is 0 Å². The van der Waals surface area contributed by atoms with Gasteiger partial charge in [-0.15, -0.1) is 0 Å². The molecule has 24 heavy (non-hydrogen) atoms. The van der Waals surface area contributed by atoms with Gasteiger partial charge in [-0.25, -0.2) is 9.78 Å². The van der Waals surface area contributed by atoms with Gasteiger partial charge in [-0.05, 0) is 51.0 Å². The molecule has 0 amide bonds. The van der Waals surface area contributed by atoms with Crippen molar-refractivity contribution < 1.29 is 0 Å². The summed E-state index contributed by atoms with van der Waals surface area (Å²) < 4.78 is 1.69. The molecule has 3 rings (SSSR count). The van der Waals surface area contributed by atoms with E-state index in [2.05, 4.69) is 46.2 Å². The molecule has 0 radical (unpaired) electrons. The molecule has 2 N–H and O–H groups in total. The van der Waals surface area contributed by atoms with Crippen molar-refractivity contribution in [3.8, 4) is 0 Å². The van der Waals surface area contributed by atoms with Gasteiger partial charge in [0.1, 0.15) is 5.82 Å². The van der Waals surface area contributed by atoms with E-state index in [1.54, 1.807) is 4.57 Å². The van der Waals surface area contributed by atoms with Gasteiger partial charge in [0.05, 0.1) is 17.6 Å². The summed E-state index contributed by atoms with van der Waals surface area (Å²) in [6.07, 6.45) is 0. The molecule has 0 unspecified atom stereocenters. The largest absolute Gasteiger partial charge is 0.347 e. The number of aromatic amines is 1. The quantitative estimate of drug-likeness (QED) is 0.705. The Morgan fingerprint density at radius 2 is 1.96 bits per heavy atom. The first-order chi connectivity index (χ1) is 11.5. The molecule has 0 atom stereocenters. The molecular formula is C18H23N5O. The fourth-order valence-electron chi connectivity index (χ4n) is 2.89. The highest BCUT2D eigenvalue weighted by Gasteiger charge is 2.07. The smallest absolute Gasteiger partial charge is 0.341 e. The predicted octanol–water partition coefficient (Wildman–Crippen LogP) is 2.14. The Balaban J connectivity index is 1.63. The molecular weight excluding hydrogens is 302 g/mol. The maximum absolute atomic E-state index is 11.9. The number of nitrogens with zero attached hydrogens (tertiary/aromatic N) is 3. The van der Waals surface area contributed by atoms with Crippen molar-refractivity contribution >= 4 is 11.0 Å². The zero-order valence-corrected chi connectivity index (χ0v) is 14.6. The highest BCUT2D eigenvalue weighted by atomic mass is 16.1. The van der Waals surface area contributed by atoms with Crippen LogP contribution in [0.15, 0.2) is 23.0 Å². The molecule has 2 aromatic heterocycles. The van der Waals surface area contributed by atoms with Crippen LogP contribution in [-0.2, 0) is 13.1 Å². The number of aryl methyl sites for hydroxylation is 4. The van der Waals surface area contributed by atoms with Gasteiger partial charge >= 0.3 is 5.69 Å². The summed E-state index contributed by atoms with van der Waals surface area (Å²) >= 11 is 0. The second-order valence-electron chi connectivity index (χ2n) is 6.24. The first-order valence-electron chi connectivity index (χ1n) is 8.16. The number of imidazole rings is 1. The van der Waals surface area contributed by atoms with E-state index in [1.165, 1.54) is 11.1 Å². The Labute approximate surface area is 141 Å². The Morgan fingerprint density at radius 1 is 1.17 bits per heavy atom. The third-order valence-electron chi connectivity index (χ3n) is 4.38. The van der Waals surface area contributed by atoms with Crippen LogP contribution in [-0.4, -0.2) is 26.1 Å². The molecule has 0 fully saturated rings. The molecule has 0 saturated carbocycles. The Morgan fingerprint density at radius 3 is 2.71 bits per heavy atom. The third-order valence-corrected chi connectivity index (χ3v) is 4.38. The number of fused-ring (bicyclic) bond motifs is 1. The van der Waals surface area contributed by atoms with E-state index in [4.69, 9.17) is 0 Å². The fraction of sp³-hybridized carbons (Fsp3) is 0.389. The van der Waals surface area contributed by atoms with E-state index >= 15 is 0 Å². The normalized spacial score (nSPS) is 11.3. The molecule has 3 aromatic rings. The highest BCUT2D eigenvalue weighted by Crippen LogP contribution is 2.19. The third kappa shape index (κ3) is 3.23. The monoisotopic (exact) mass is 325 g/mol. The summed E-state index contributed by atoms with van der Waals surface area (Å²) in [5.74, 6) is 0.907. The summed E-state index contributed by atoms with van der Waals surface area (Å²) in [5.41, 5.74) is 6.05. The molecule has 1 aromatic carbocycles. The standard InChI is InChI=1S/C18H23N5O/c1-11-5-6-15-17(14(11)4)22-16(21-15)10-19-7-8-23-13(3)9-12(2)20-18(23)24/h5-6,9,19H,7-8,10H2,1-4H3,(H,21,22). The molecule has 126 valence electrons. The summed E-state index contributed by atoms with van der Waals surface area (Å²) in [7, 11) is 0. The van der Waals surface area contributed by atoms with Crippen molar-refractivity contribution in [1.82, 2.24) is 24.8 Å². The Kier molecular flexibility index (Phi) is 4.49. The maximum Gasteiger partial charge on any atom is 0.347 e. The Hall–Kier alpha value is -2.47. The van der Waals surface area contributed by atoms with Crippen LogP contribution in [0.3, 0.4) is 0 Å². The number of rotatable bonds is 5. The maximum atomic E-state index is 11.9. The summed E-state index contributed by atoms with van der Waals surface area (Å²) in [4.78, 5) is 23.9. The summed E-state index contributed by atoms with van der Waals surface area (Å²) in [5, 5.41) is 3.33.